The highest BCUT2D eigenvalue weighted by Crippen LogP contribution is 2.19. The van der Waals surface area contributed by atoms with E-state index in [-0.39, 0.29) is 18.4 Å². The summed E-state index contributed by atoms with van der Waals surface area (Å²) in [5, 5.41) is 6.30. The summed E-state index contributed by atoms with van der Waals surface area (Å²) >= 11 is 5.94. The minimum absolute atomic E-state index is 0.0915. The van der Waals surface area contributed by atoms with Gasteiger partial charge in [0.1, 0.15) is 12.6 Å². The van der Waals surface area contributed by atoms with Gasteiger partial charge in [-0.3, -0.25) is 14.5 Å². The van der Waals surface area contributed by atoms with Crippen molar-refractivity contribution >= 4 is 29.5 Å². The van der Waals surface area contributed by atoms with E-state index < -0.39 is 12.1 Å². The van der Waals surface area contributed by atoms with E-state index in [2.05, 4.69) is 10.6 Å². The molecule has 32 heavy (non-hydrogen) atoms. The van der Waals surface area contributed by atoms with Crippen molar-refractivity contribution in [1.29, 1.82) is 0 Å². The monoisotopic (exact) mass is 457 g/mol. The van der Waals surface area contributed by atoms with Crippen molar-refractivity contribution in [1.82, 2.24) is 15.5 Å². The molecule has 3 rings (SSSR count). The molecular weight excluding hydrogens is 430 g/mol. The lowest BCUT2D eigenvalue weighted by Gasteiger charge is -2.23. The maximum atomic E-state index is 12.5. The van der Waals surface area contributed by atoms with Gasteiger partial charge in [-0.25, -0.2) is 4.79 Å². The molecule has 0 unspecified atom stereocenters. The van der Waals surface area contributed by atoms with Crippen LogP contribution in [0.3, 0.4) is 0 Å². The first-order valence-electron chi connectivity index (χ1n) is 10.8. The molecule has 0 spiro atoms. The van der Waals surface area contributed by atoms with Crippen LogP contribution in [-0.2, 0) is 27.5 Å². The SMILES string of the molecule is O=C(CCCNC(=O)[C@@H]1CCCN1C(=O)OCc1ccccc1)NCc1cccc(Cl)c1. The van der Waals surface area contributed by atoms with Crippen LogP contribution in [0, 0.1) is 0 Å². The van der Waals surface area contributed by atoms with Gasteiger partial charge >= 0.3 is 6.09 Å². The Balaban J connectivity index is 1.34. The van der Waals surface area contributed by atoms with Crippen molar-refractivity contribution < 1.29 is 19.1 Å². The molecule has 0 radical (unpaired) electrons. The van der Waals surface area contributed by atoms with Crippen molar-refractivity contribution in [3.8, 4) is 0 Å². The number of likely N-dealkylation sites (tertiary alicyclic amines) is 1. The summed E-state index contributed by atoms with van der Waals surface area (Å²) in [6.07, 6.45) is 1.69. The van der Waals surface area contributed by atoms with Crippen molar-refractivity contribution in [3.63, 3.8) is 0 Å². The lowest BCUT2D eigenvalue weighted by atomic mass is 10.2. The molecule has 8 heteroatoms. The van der Waals surface area contributed by atoms with E-state index in [9.17, 15) is 14.4 Å². The van der Waals surface area contributed by atoms with Crippen molar-refractivity contribution in [2.75, 3.05) is 13.1 Å². The van der Waals surface area contributed by atoms with Crippen LogP contribution in [0.5, 0.6) is 0 Å². The molecule has 2 N–H and O–H groups in total. The molecule has 0 aliphatic carbocycles. The lowest BCUT2D eigenvalue weighted by Crippen LogP contribution is -2.46. The minimum atomic E-state index is -0.532. The Hall–Kier alpha value is -3.06. The van der Waals surface area contributed by atoms with E-state index in [1.54, 1.807) is 12.1 Å². The maximum absolute atomic E-state index is 12.5. The topological polar surface area (TPSA) is 87.7 Å². The zero-order chi connectivity index (χ0) is 22.8. The standard InChI is InChI=1S/C24H28ClN3O4/c25-20-10-4-9-19(15-20)16-27-22(29)12-5-13-26-23(30)21-11-6-14-28(21)24(31)32-17-18-7-2-1-3-8-18/h1-4,7-10,15,21H,5-6,11-14,16-17H2,(H,26,30)(H,27,29)/t21-/m0/s1. The van der Waals surface area contributed by atoms with Gasteiger partial charge in [-0.2, -0.15) is 0 Å². The Morgan fingerprint density at radius 2 is 1.81 bits per heavy atom. The molecule has 0 aromatic heterocycles. The first-order chi connectivity index (χ1) is 15.5. The molecule has 2 aromatic carbocycles. The highest BCUT2D eigenvalue weighted by Gasteiger charge is 2.34. The van der Waals surface area contributed by atoms with Crippen LogP contribution in [0.25, 0.3) is 0 Å². The molecule has 170 valence electrons. The molecule has 1 saturated heterocycles. The normalized spacial score (nSPS) is 15.3. The van der Waals surface area contributed by atoms with Crippen LogP contribution in [0.15, 0.2) is 54.6 Å². The zero-order valence-corrected chi connectivity index (χ0v) is 18.6. The van der Waals surface area contributed by atoms with Gasteiger partial charge in [-0.05, 0) is 42.5 Å². The number of amides is 3. The number of rotatable bonds is 9. The third-order valence-corrected chi connectivity index (χ3v) is 5.49. The number of nitrogens with one attached hydrogen (secondary N) is 2. The quantitative estimate of drug-likeness (QED) is 0.562. The summed E-state index contributed by atoms with van der Waals surface area (Å²) in [6.45, 7) is 1.45. The molecule has 1 fully saturated rings. The van der Waals surface area contributed by atoms with Crippen LogP contribution in [0.4, 0.5) is 4.79 Å². The minimum Gasteiger partial charge on any atom is -0.445 e. The Labute approximate surface area is 193 Å². The van der Waals surface area contributed by atoms with Gasteiger partial charge in [0.05, 0.1) is 0 Å². The van der Waals surface area contributed by atoms with Gasteiger partial charge in [0.15, 0.2) is 0 Å². The van der Waals surface area contributed by atoms with E-state index in [1.165, 1.54) is 4.90 Å². The van der Waals surface area contributed by atoms with Crippen molar-refractivity contribution in [3.05, 3.63) is 70.7 Å². The second-order valence-electron chi connectivity index (χ2n) is 7.69. The summed E-state index contributed by atoms with van der Waals surface area (Å²) in [6, 6.07) is 16.2. The average molecular weight is 458 g/mol. The Morgan fingerprint density at radius 1 is 1.03 bits per heavy atom. The molecule has 1 aliphatic heterocycles. The molecule has 1 heterocycles. The predicted molar refractivity (Wildman–Crippen MR) is 122 cm³/mol. The summed E-state index contributed by atoms with van der Waals surface area (Å²) < 4.78 is 5.37. The third kappa shape index (κ3) is 7.27. The maximum Gasteiger partial charge on any atom is 0.410 e. The number of halogens is 1. The average Bonchev–Trinajstić information content (AvgIpc) is 3.30. The van der Waals surface area contributed by atoms with E-state index >= 15 is 0 Å². The smallest absolute Gasteiger partial charge is 0.410 e. The highest BCUT2D eigenvalue weighted by molar-refractivity contribution is 6.30. The zero-order valence-electron chi connectivity index (χ0n) is 17.9. The van der Waals surface area contributed by atoms with E-state index in [0.717, 1.165) is 17.5 Å². The van der Waals surface area contributed by atoms with Crippen molar-refractivity contribution in [2.24, 2.45) is 0 Å². The lowest BCUT2D eigenvalue weighted by molar-refractivity contribution is -0.125. The largest absolute Gasteiger partial charge is 0.445 e. The Kier molecular flexibility index (Phi) is 8.92. The number of ether oxygens (including phenoxy) is 1. The van der Waals surface area contributed by atoms with E-state index in [0.29, 0.717) is 43.9 Å². The van der Waals surface area contributed by atoms with Gasteiger partial charge in [0.2, 0.25) is 11.8 Å². The summed E-state index contributed by atoms with van der Waals surface area (Å²) in [5.74, 6) is -0.301. The first kappa shape index (κ1) is 23.6. The summed E-state index contributed by atoms with van der Waals surface area (Å²) in [7, 11) is 0. The van der Waals surface area contributed by atoms with Crippen LogP contribution >= 0.6 is 11.6 Å². The Morgan fingerprint density at radius 3 is 2.59 bits per heavy atom. The van der Waals surface area contributed by atoms with Gasteiger partial charge in [0.25, 0.3) is 0 Å². The van der Waals surface area contributed by atoms with Gasteiger partial charge in [0, 0.05) is 31.1 Å². The molecule has 7 nitrogen and oxygen atoms in total. The van der Waals surface area contributed by atoms with Gasteiger partial charge < -0.3 is 15.4 Å². The van der Waals surface area contributed by atoms with Crippen LogP contribution in [0.1, 0.15) is 36.8 Å². The summed E-state index contributed by atoms with van der Waals surface area (Å²) in [5.41, 5.74) is 1.83. The number of nitrogens with zero attached hydrogens (tertiary/aromatic N) is 1. The number of hydrogen-bond donors (Lipinski definition) is 2. The van der Waals surface area contributed by atoms with Crippen LogP contribution in [0.2, 0.25) is 5.02 Å². The van der Waals surface area contributed by atoms with Crippen LogP contribution in [-0.4, -0.2) is 41.9 Å². The highest BCUT2D eigenvalue weighted by atomic mass is 35.5. The second-order valence-corrected chi connectivity index (χ2v) is 8.13. The molecular formula is C24H28ClN3O4. The molecule has 1 atom stereocenters. The number of carbonyl (C=O) groups excluding carboxylic acids is 3. The van der Waals surface area contributed by atoms with Gasteiger partial charge in [-0.15, -0.1) is 0 Å². The fourth-order valence-electron chi connectivity index (χ4n) is 3.57. The van der Waals surface area contributed by atoms with Crippen molar-refractivity contribution in [2.45, 2.75) is 44.9 Å². The van der Waals surface area contributed by atoms with Gasteiger partial charge in [-0.1, -0.05) is 54.1 Å². The molecule has 0 bridgehead atoms. The molecule has 3 amide bonds. The Bertz CT molecular complexity index is 922. The number of hydrogen-bond acceptors (Lipinski definition) is 4. The fraction of sp³-hybridized carbons (Fsp3) is 0.375. The first-order valence-corrected chi connectivity index (χ1v) is 11.2. The third-order valence-electron chi connectivity index (χ3n) is 5.25. The van der Waals surface area contributed by atoms with E-state index in [4.69, 9.17) is 16.3 Å². The summed E-state index contributed by atoms with van der Waals surface area (Å²) in [4.78, 5) is 38.5. The fourth-order valence-corrected chi connectivity index (χ4v) is 3.79. The number of benzene rings is 2. The predicted octanol–water partition coefficient (Wildman–Crippen LogP) is 3.65. The molecule has 1 aliphatic rings. The van der Waals surface area contributed by atoms with E-state index in [1.807, 2.05) is 42.5 Å². The van der Waals surface area contributed by atoms with Crippen LogP contribution < -0.4 is 10.6 Å². The molecule has 2 aromatic rings. The second kappa shape index (κ2) is 12.1. The number of carbonyl (C=O) groups is 3. The molecule has 0 saturated carbocycles.